The number of nitrogens with zero attached hydrogens (tertiary/aromatic N) is 6. The summed E-state index contributed by atoms with van der Waals surface area (Å²) in [4.78, 5) is 23.6. The van der Waals surface area contributed by atoms with Gasteiger partial charge in [-0.2, -0.15) is 5.10 Å². The van der Waals surface area contributed by atoms with Crippen molar-refractivity contribution in [2.75, 3.05) is 13.1 Å². The molecule has 0 aliphatic carbocycles. The normalized spacial score (nSPS) is 18.2. The number of carbonyl (C=O) groups is 1. The van der Waals surface area contributed by atoms with Crippen LogP contribution in [0.25, 0.3) is 5.65 Å². The van der Waals surface area contributed by atoms with E-state index < -0.39 is 0 Å². The molecule has 0 bridgehead atoms. The fraction of sp³-hybridized carbons (Fsp3) is 0.412. The molecule has 7 heteroatoms. The molecule has 0 saturated carbocycles. The van der Waals surface area contributed by atoms with Gasteiger partial charge in [-0.25, -0.2) is 14.5 Å². The topological polar surface area (TPSA) is 68.3 Å². The first-order valence-electron chi connectivity index (χ1n) is 8.37. The molecular weight excluding hydrogens is 304 g/mol. The molecule has 0 aromatic carbocycles. The summed E-state index contributed by atoms with van der Waals surface area (Å²) in [6, 6.07) is 2.09. The number of aromatic nitrogens is 5. The second-order valence-electron chi connectivity index (χ2n) is 6.10. The van der Waals surface area contributed by atoms with Gasteiger partial charge in [0.2, 0.25) is 0 Å². The standard InChI is InChI=1S/C17H20N6O/c1-2-15-18-7-10-22(15)13-5-3-8-21(12-13)17(24)14-11-20-23-9-4-6-19-16(14)23/h4,6-7,9-11,13H,2-3,5,8,12H2,1H3/t13-/m1/s1. The van der Waals surface area contributed by atoms with Crippen molar-refractivity contribution in [1.82, 2.24) is 29.0 Å². The van der Waals surface area contributed by atoms with E-state index in [-0.39, 0.29) is 11.9 Å². The van der Waals surface area contributed by atoms with E-state index in [1.165, 1.54) is 0 Å². The Kier molecular flexibility index (Phi) is 3.76. The van der Waals surface area contributed by atoms with E-state index in [0.29, 0.717) is 17.8 Å². The maximum Gasteiger partial charge on any atom is 0.259 e. The van der Waals surface area contributed by atoms with Crippen LogP contribution < -0.4 is 0 Å². The van der Waals surface area contributed by atoms with Crippen molar-refractivity contribution in [2.45, 2.75) is 32.2 Å². The van der Waals surface area contributed by atoms with Crippen LogP contribution in [0.2, 0.25) is 0 Å². The third-order valence-electron chi connectivity index (χ3n) is 4.65. The minimum Gasteiger partial charge on any atom is -0.336 e. The van der Waals surface area contributed by atoms with Crippen molar-refractivity contribution >= 4 is 11.6 Å². The van der Waals surface area contributed by atoms with Gasteiger partial charge in [0.15, 0.2) is 5.65 Å². The van der Waals surface area contributed by atoms with Crippen molar-refractivity contribution < 1.29 is 4.79 Å². The van der Waals surface area contributed by atoms with E-state index in [0.717, 1.165) is 31.6 Å². The number of rotatable bonds is 3. The lowest BCUT2D eigenvalue weighted by Crippen LogP contribution is -2.41. The monoisotopic (exact) mass is 324 g/mol. The maximum atomic E-state index is 13.0. The van der Waals surface area contributed by atoms with Crippen LogP contribution in [0.1, 0.15) is 42.0 Å². The lowest BCUT2D eigenvalue weighted by atomic mass is 10.0. The molecular formula is C17H20N6O. The molecule has 7 nitrogen and oxygen atoms in total. The van der Waals surface area contributed by atoms with E-state index in [4.69, 9.17) is 0 Å². The summed E-state index contributed by atoms with van der Waals surface area (Å²) >= 11 is 0. The average Bonchev–Trinajstić information content (AvgIpc) is 3.28. The summed E-state index contributed by atoms with van der Waals surface area (Å²) in [5.74, 6) is 1.08. The van der Waals surface area contributed by atoms with Gasteiger partial charge >= 0.3 is 0 Å². The zero-order valence-corrected chi connectivity index (χ0v) is 13.7. The molecule has 3 aromatic rings. The SMILES string of the molecule is CCc1nccn1[C@@H]1CCCN(C(=O)c2cnn3cccnc23)C1. The fourth-order valence-electron chi connectivity index (χ4n) is 3.46. The van der Waals surface area contributed by atoms with Crippen LogP contribution in [0, 0.1) is 0 Å². The number of amides is 1. The Hall–Kier alpha value is -2.70. The molecule has 0 radical (unpaired) electrons. The maximum absolute atomic E-state index is 13.0. The highest BCUT2D eigenvalue weighted by atomic mass is 16.2. The molecule has 4 rings (SSSR count). The summed E-state index contributed by atoms with van der Waals surface area (Å²) in [6.45, 7) is 3.58. The summed E-state index contributed by atoms with van der Waals surface area (Å²) in [5, 5.41) is 4.22. The van der Waals surface area contributed by atoms with Gasteiger partial charge in [-0.1, -0.05) is 6.92 Å². The van der Waals surface area contributed by atoms with E-state index in [1.54, 1.807) is 29.2 Å². The summed E-state index contributed by atoms with van der Waals surface area (Å²) in [6.07, 6.45) is 11.9. The van der Waals surface area contributed by atoms with Crippen molar-refractivity contribution in [3.63, 3.8) is 0 Å². The molecule has 3 aromatic heterocycles. The van der Waals surface area contributed by atoms with Crippen molar-refractivity contribution in [1.29, 1.82) is 0 Å². The molecule has 0 N–H and O–H groups in total. The largest absolute Gasteiger partial charge is 0.336 e. The number of aryl methyl sites for hydroxylation is 1. The highest BCUT2D eigenvalue weighted by Gasteiger charge is 2.28. The highest BCUT2D eigenvalue weighted by Crippen LogP contribution is 2.24. The smallest absolute Gasteiger partial charge is 0.259 e. The third kappa shape index (κ3) is 2.46. The van der Waals surface area contributed by atoms with Crippen molar-refractivity contribution in [3.05, 3.63) is 48.4 Å². The number of hydrogen-bond acceptors (Lipinski definition) is 4. The number of hydrogen-bond donors (Lipinski definition) is 0. The molecule has 0 unspecified atom stereocenters. The molecule has 1 aliphatic heterocycles. The number of imidazole rings is 1. The van der Waals surface area contributed by atoms with Crippen LogP contribution in [0.15, 0.2) is 37.1 Å². The van der Waals surface area contributed by atoms with Gasteiger partial charge in [-0.3, -0.25) is 4.79 Å². The molecule has 0 spiro atoms. The van der Waals surface area contributed by atoms with Crippen LogP contribution in [-0.4, -0.2) is 48.0 Å². The molecule has 124 valence electrons. The highest BCUT2D eigenvalue weighted by molar-refractivity contribution is 5.99. The Morgan fingerprint density at radius 3 is 3.08 bits per heavy atom. The lowest BCUT2D eigenvalue weighted by Gasteiger charge is -2.34. The predicted octanol–water partition coefficient (Wildman–Crippen LogP) is 1.97. The third-order valence-corrected chi connectivity index (χ3v) is 4.65. The van der Waals surface area contributed by atoms with E-state index >= 15 is 0 Å². The zero-order chi connectivity index (χ0) is 16.5. The molecule has 1 aliphatic rings. The minimum atomic E-state index is 0.00608. The van der Waals surface area contributed by atoms with Gasteiger partial charge in [0.1, 0.15) is 11.4 Å². The Bertz CT molecular complexity index is 867. The average molecular weight is 324 g/mol. The Morgan fingerprint density at radius 1 is 1.29 bits per heavy atom. The lowest BCUT2D eigenvalue weighted by molar-refractivity contribution is 0.0679. The van der Waals surface area contributed by atoms with Gasteiger partial charge in [0, 0.05) is 44.3 Å². The Morgan fingerprint density at radius 2 is 2.21 bits per heavy atom. The summed E-state index contributed by atoms with van der Waals surface area (Å²) in [5.41, 5.74) is 1.18. The number of fused-ring (bicyclic) bond motifs is 1. The quantitative estimate of drug-likeness (QED) is 0.738. The van der Waals surface area contributed by atoms with Crippen LogP contribution in [0.4, 0.5) is 0 Å². The molecule has 1 atom stereocenters. The number of likely N-dealkylation sites (tertiary alicyclic amines) is 1. The van der Waals surface area contributed by atoms with Crippen molar-refractivity contribution in [2.24, 2.45) is 0 Å². The van der Waals surface area contributed by atoms with E-state index in [1.807, 2.05) is 17.3 Å². The van der Waals surface area contributed by atoms with Gasteiger partial charge in [0.25, 0.3) is 5.91 Å². The Labute approximate surface area is 139 Å². The second-order valence-corrected chi connectivity index (χ2v) is 6.10. The summed E-state index contributed by atoms with van der Waals surface area (Å²) < 4.78 is 3.85. The first kappa shape index (κ1) is 14.9. The van der Waals surface area contributed by atoms with E-state index in [9.17, 15) is 4.79 Å². The molecule has 1 saturated heterocycles. The van der Waals surface area contributed by atoms with Gasteiger partial charge in [0.05, 0.1) is 12.2 Å². The minimum absolute atomic E-state index is 0.00608. The molecule has 24 heavy (non-hydrogen) atoms. The summed E-state index contributed by atoms with van der Waals surface area (Å²) in [7, 11) is 0. The van der Waals surface area contributed by atoms with Gasteiger partial charge in [-0.05, 0) is 18.9 Å². The predicted molar refractivity (Wildman–Crippen MR) is 88.8 cm³/mol. The van der Waals surface area contributed by atoms with E-state index in [2.05, 4.69) is 26.6 Å². The van der Waals surface area contributed by atoms with Crippen LogP contribution >= 0.6 is 0 Å². The first-order chi connectivity index (χ1) is 11.8. The molecule has 1 fully saturated rings. The number of piperidine rings is 1. The first-order valence-corrected chi connectivity index (χ1v) is 8.37. The van der Waals surface area contributed by atoms with Gasteiger partial charge < -0.3 is 9.47 Å². The molecule has 1 amide bonds. The Balaban J connectivity index is 1.59. The fourth-order valence-corrected chi connectivity index (χ4v) is 3.46. The van der Waals surface area contributed by atoms with Crippen LogP contribution in [0.5, 0.6) is 0 Å². The van der Waals surface area contributed by atoms with Crippen molar-refractivity contribution in [3.8, 4) is 0 Å². The van der Waals surface area contributed by atoms with Crippen LogP contribution in [0.3, 0.4) is 0 Å². The second kappa shape index (κ2) is 6.07. The number of carbonyl (C=O) groups excluding carboxylic acids is 1. The van der Waals surface area contributed by atoms with Crippen LogP contribution in [-0.2, 0) is 6.42 Å². The molecule has 4 heterocycles. The zero-order valence-electron chi connectivity index (χ0n) is 13.7. The van der Waals surface area contributed by atoms with Gasteiger partial charge in [-0.15, -0.1) is 0 Å².